The van der Waals surface area contributed by atoms with Crippen LogP contribution in [0.3, 0.4) is 0 Å². The van der Waals surface area contributed by atoms with Crippen LogP contribution in [0.1, 0.15) is 24.5 Å². The monoisotopic (exact) mass is 577 g/mol. The van der Waals surface area contributed by atoms with Gasteiger partial charge in [-0.3, -0.25) is 9.71 Å². The molecular weight excluding hydrogens is 550 g/mol. The van der Waals surface area contributed by atoms with E-state index in [0.717, 1.165) is 59.5 Å². The molecule has 0 amide bonds. The minimum Gasteiger partial charge on any atom is -0.485 e. The topological polar surface area (TPSA) is 80.3 Å². The molecule has 1 aromatic heterocycles. The van der Waals surface area contributed by atoms with Crippen molar-refractivity contribution in [1.29, 1.82) is 0 Å². The molecule has 1 aliphatic rings. The van der Waals surface area contributed by atoms with Gasteiger partial charge in [0.1, 0.15) is 11.9 Å². The Morgan fingerprint density at radius 2 is 1.54 bits per heavy atom. The summed E-state index contributed by atoms with van der Waals surface area (Å²) in [6.45, 7) is 1.97. The van der Waals surface area contributed by atoms with Crippen LogP contribution in [0.4, 0.5) is 5.69 Å². The van der Waals surface area contributed by atoms with Crippen LogP contribution in [-0.2, 0) is 8.46 Å². The summed E-state index contributed by atoms with van der Waals surface area (Å²) >= 11 is 2.72. The molecule has 5 rings (SSSR count). The first-order valence-electron chi connectivity index (χ1n) is 12.3. The molecule has 4 aromatic rings. The number of aromatic nitrogens is 1. The summed E-state index contributed by atoms with van der Waals surface area (Å²) in [5, 5.41) is 3.43. The number of piperidine rings is 1. The van der Waals surface area contributed by atoms with Crippen molar-refractivity contribution in [3.63, 3.8) is 0 Å². The molecule has 0 bridgehead atoms. The maximum Gasteiger partial charge on any atom is 0.293 e. The average Bonchev–Trinajstić information content (AvgIpc) is 2.93. The van der Waals surface area contributed by atoms with Gasteiger partial charge < -0.3 is 10.1 Å². The number of benzene rings is 3. The van der Waals surface area contributed by atoms with Crippen LogP contribution in [0.2, 0.25) is 0 Å². The zero-order valence-electron chi connectivity index (χ0n) is 20.2. The van der Waals surface area contributed by atoms with Crippen LogP contribution < -0.4 is 14.8 Å². The van der Waals surface area contributed by atoms with Crippen molar-refractivity contribution in [1.82, 2.24) is 10.3 Å². The molecule has 0 radical (unpaired) electrons. The first-order chi connectivity index (χ1) is 18.0. The lowest BCUT2D eigenvalue weighted by Gasteiger charge is -2.31. The highest BCUT2D eigenvalue weighted by Gasteiger charge is 2.27. The fourth-order valence-corrected chi connectivity index (χ4v) is 5.77. The molecule has 1 saturated heterocycles. The maximum atomic E-state index is 12.0. The average molecular weight is 579 g/mol. The summed E-state index contributed by atoms with van der Waals surface area (Å²) in [4.78, 5) is 4.17. The van der Waals surface area contributed by atoms with Gasteiger partial charge in [0.15, 0.2) is 0 Å². The van der Waals surface area contributed by atoms with Gasteiger partial charge in [0, 0.05) is 23.9 Å². The minimum atomic E-state index is -3.62. The van der Waals surface area contributed by atoms with Crippen molar-refractivity contribution in [2.45, 2.75) is 18.9 Å². The number of halogens is 1. The molecule has 6 nitrogen and oxygen atoms in total. The molecule has 3 aromatic carbocycles. The van der Waals surface area contributed by atoms with Crippen LogP contribution in [-0.4, -0.2) is 26.5 Å². The Morgan fingerprint density at radius 3 is 2.22 bits per heavy atom. The van der Waals surface area contributed by atoms with Crippen molar-refractivity contribution in [2.24, 2.45) is 5.92 Å². The van der Waals surface area contributed by atoms with E-state index < -0.39 is 8.46 Å². The summed E-state index contributed by atoms with van der Waals surface area (Å²) in [5.74, 6) is 1.18. The van der Waals surface area contributed by atoms with Crippen molar-refractivity contribution in [3.05, 3.63) is 103 Å². The number of nitrogens with zero attached hydrogens (tertiary/aromatic N) is 1. The normalized spacial score (nSPS) is 15.2. The van der Waals surface area contributed by atoms with Gasteiger partial charge in [0.25, 0.3) is 8.46 Å². The standard InChI is InChI=1S/C29H28BrN3O3S/c30-37(34,35)33-28-11-8-25(21-4-2-1-3-5-21)20-27(28)22-6-9-26(10-7-22)36-29(23-12-16-31-17-13-23)24-14-18-32-19-15-24/h1-13,16-17,20,24,29,32-33H,14-15,18-19H2. The predicted molar refractivity (Wildman–Crippen MR) is 152 cm³/mol. The van der Waals surface area contributed by atoms with E-state index in [1.807, 2.05) is 91.3 Å². The van der Waals surface area contributed by atoms with Crippen LogP contribution in [0.25, 0.3) is 22.3 Å². The van der Waals surface area contributed by atoms with Crippen molar-refractivity contribution < 1.29 is 13.2 Å². The predicted octanol–water partition coefficient (Wildman–Crippen LogP) is 6.59. The summed E-state index contributed by atoms with van der Waals surface area (Å²) in [6, 6.07) is 27.6. The van der Waals surface area contributed by atoms with Gasteiger partial charge in [-0.15, -0.1) is 0 Å². The van der Waals surface area contributed by atoms with E-state index in [0.29, 0.717) is 11.6 Å². The quantitative estimate of drug-likeness (QED) is 0.231. The van der Waals surface area contributed by atoms with E-state index >= 15 is 0 Å². The fourth-order valence-electron chi connectivity index (χ4n) is 4.81. The van der Waals surface area contributed by atoms with Crippen LogP contribution in [0.15, 0.2) is 97.3 Å². The summed E-state index contributed by atoms with van der Waals surface area (Å²) in [6.07, 6.45) is 5.65. The van der Waals surface area contributed by atoms with Crippen molar-refractivity contribution in [2.75, 3.05) is 17.8 Å². The van der Waals surface area contributed by atoms with Gasteiger partial charge in [0.2, 0.25) is 0 Å². The molecule has 0 saturated carbocycles. The number of hydrogen-bond donors (Lipinski definition) is 2. The van der Waals surface area contributed by atoms with E-state index in [1.165, 1.54) is 0 Å². The van der Waals surface area contributed by atoms with Gasteiger partial charge >= 0.3 is 0 Å². The van der Waals surface area contributed by atoms with Crippen molar-refractivity contribution >= 4 is 29.0 Å². The molecule has 1 unspecified atom stereocenters. The third-order valence-electron chi connectivity index (χ3n) is 6.63. The SMILES string of the molecule is O=S(=O)(Br)Nc1ccc(-c2ccccc2)cc1-c1ccc(OC(c2ccncc2)C2CCNCC2)cc1. The fraction of sp³-hybridized carbons (Fsp3) is 0.207. The Morgan fingerprint density at radius 1 is 0.865 bits per heavy atom. The van der Waals surface area contributed by atoms with E-state index in [-0.39, 0.29) is 6.10 Å². The third-order valence-corrected chi connectivity index (χ3v) is 7.58. The van der Waals surface area contributed by atoms with E-state index in [9.17, 15) is 8.42 Å². The molecule has 1 aliphatic heterocycles. The lowest BCUT2D eigenvalue weighted by Crippen LogP contribution is -2.32. The maximum absolute atomic E-state index is 12.0. The Kier molecular flexibility index (Phi) is 7.88. The summed E-state index contributed by atoms with van der Waals surface area (Å²) < 4.78 is 33.1. The van der Waals surface area contributed by atoms with E-state index in [2.05, 4.69) is 29.8 Å². The Hall–Kier alpha value is -3.20. The molecule has 37 heavy (non-hydrogen) atoms. The highest BCUT2D eigenvalue weighted by molar-refractivity contribution is 9.47. The first kappa shape index (κ1) is 25.4. The largest absolute Gasteiger partial charge is 0.485 e. The molecule has 0 spiro atoms. The van der Waals surface area contributed by atoms with Crippen LogP contribution in [0, 0.1) is 5.92 Å². The molecule has 2 heterocycles. The first-order valence-corrected chi connectivity index (χ1v) is 15.6. The van der Waals surface area contributed by atoms with Gasteiger partial charge in [-0.05, 0) is 84.6 Å². The second-order valence-corrected chi connectivity index (χ2v) is 12.7. The zero-order chi connectivity index (χ0) is 25.7. The molecule has 190 valence electrons. The highest BCUT2D eigenvalue weighted by atomic mass is 79.9. The number of pyridine rings is 1. The van der Waals surface area contributed by atoms with Gasteiger partial charge in [0.05, 0.1) is 20.5 Å². The van der Waals surface area contributed by atoms with Gasteiger partial charge in [-0.1, -0.05) is 48.5 Å². The molecule has 8 heteroatoms. The molecule has 1 atom stereocenters. The third kappa shape index (κ3) is 6.57. The number of ether oxygens (including phenoxy) is 1. The second-order valence-electron chi connectivity index (χ2n) is 9.10. The lowest BCUT2D eigenvalue weighted by molar-refractivity contribution is 0.112. The molecule has 1 fully saturated rings. The number of anilines is 1. The van der Waals surface area contributed by atoms with Crippen LogP contribution >= 0.6 is 14.8 Å². The minimum absolute atomic E-state index is 0.0619. The molecule has 2 N–H and O–H groups in total. The zero-order valence-corrected chi connectivity index (χ0v) is 22.6. The Balaban J connectivity index is 1.46. The van der Waals surface area contributed by atoms with E-state index in [4.69, 9.17) is 4.74 Å². The number of rotatable bonds is 8. The van der Waals surface area contributed by atoms with E-state index in [1.54, 1.807) is 6.07 Å². The smallest absolute Gasteiger partial charge is 0.293 e. The van der Waals surface area contributed by atoms with Crippen molar-refractivity contribution in [3.8, 4) is 28.0 Å². The lowest BCUT2D eigenvalue weighted by atomic mass is 9.88. The van der Waals surface area contributed by atoms with Gasteiger partial charge in [-0.2, -0.15) is 8.42 Å². The van der Waals surface area contributed by atoms with Gasteiger partial charge in [-0.25, -0.2) is 0 Å². The molecular formula is C29H28BrN3O3S. The van der Waals surface area contributed by atoms with Crippen LogP contribution in [0.5, 0.6) is 5.75 Å². The summed E-state index contributed by atoms with van der Waals surface area (Å²) in [7, 11) is -3.62. The Labute approximate surface area is 225 Å². The molecule has 0 aliphatic carbocycles. The number of hydrogen-bond acceptors (Lipinski definition) is 5. The second kappa shape index (κ2) is 11.5. The highest BCUT2D eigenvalue weighted by Crippen LogP contribution is 2.37. The Bertz CT molecular complexity index is 1430. The number of nitrogens with one attached hydrogen (secondary N) is 2. The summed E-state index contributed by atoms with van der Waals surface area (Å²) in [5.41, 5.74) is 5.33.